The molecule has 0 unspecified atom stereocenters. The van der Waals surface area contributed by atoms with Gasteiger partial charge in [0, 0.05) is 18.8 Å². The van der Waals surface area contributed by atoms with Crippen molar-refractivity contribution in [3.63, 3.8) is 0 Å². The summed E-state index contributed by atoms with van der Waals surface area (Å²) in [5.74, 6) is -0.462. The number of anilines is 1. The molecule has 0 fully saturated rings. The number of rotatable bonds is 9. The Labute approximate surface area is 129 Å². The van der Waals surface area contributed by atoms with E-state index in [1.807, 2.05) is 0 Å². The molecule has 1 aromatic rings. The van der Waals surface area contributed by atoms with E-state index in [1.54, 1.807) is 11.0 Å². The largest absolute Gasteiger partial charge is 0.367 e. The monoisotopic (exact) mass is 355 g/mol. The van der Waals surface area contributed by atoms with Crippen LogP contribution in [0.5, 0.6) is 0 Å². The molecule has 1 rings (SSSR count). The van der Waals surface area contributed by atoms with Crippen LogP contribution in [0.15, 0.2) is 24.3 Å². The van der Waals surface area contributed by atoms with E-state index >= 15 is 0 Å². The smallest absolute Gasteiger partial charge is 0.264 e. The Morgan fingerprint density at radius 3 is 1.91 bits per heavy atom. The highest BCUT2D eigenvalue weighted by atomic mass is 32.2. The Kier molecular flexibility index (Phi) is 6.72. The van der Waals surface area contributed by atoms with Crippen molar-refractivity contribution < 1.29 is 29.6 Å². The summed E-state index contributed by atoms with van der Waals surface area (Å²) in [6.07, 6.45) is 1.85. The zero-order valence-electron chi connectivity index (χ0n) is 12.2. The fourth-order valence-corrected chi connectivity index (χ4v) is 2.40. The van der Waals surface area contributed by atoms with Crippen molar-refractivity contribution in [2.24, 2.45) is 0 Å². The Morgan fingerprint density at radius 2 is 1.50 bits per heavy atom. The Hall–Kier alpha value is -1.23. The Balaban J connectivity index is 2.72. The average Bonchev–Trinajstić information content (AvgIpc) is 2.34. The van der Waals surface area contributed by atoms with E-state index < -0.39 is 26.1 Å². The molecule has 0 aliphatic heterocycles. The molecule has 0 spiro atoms. The molecule has 126 valence electrons. The van der Waals surface area contributed by atoms with Gasteiger partial charge >= 0.3 is 0 Å². The summed E-state index contributed by atoms with van der Waals surface area (Å²) >= 11 is 0. The van der Waals surface area contributed by atoms with Gasteiger partial charge in [0.05, 0.1) is 25.7 Å². The van der Waals surface area contributed by atoms with Crippen LogP contribution >= 0.6 is 0 Å². The van der Waals surface area contributed by atoms with Gasteiger partial charge in [-0.15, -0.1) is 0 Å². The van der Waals surface area contributed by atoms with Crippen molar-refractivity contribution >= 4 is 25.9 Å². The minimum atomic E-state index is -3.58. The highest BCUT2D eigenvalue weighted by molar-refractivity contribution is 7.86. The average molecular weight is 355 g/mol. The minimum Gasteiger partial charge on any atom is -0.367 e. The molecule has 10 heteroatoms. The second-order valence-electron chi connectivity index (χ2n) is 4.52. The lowest BCUT2D eigenvalue weighted by atomic mass is 10.2. The van der Waals surface area contributed by atoms with Crippen molar-refractivity contribution in [3.05, 3.63) is 30.1 Å². The van der Waals surface area contributed by atoms with Crippen molar-refractivity contribution in [1.82, 2.24) is 0 Å². The molecule has 1 aromatic carbocycles. The van der Waals surface area contributed by atoms with E-state index in [0.29, 0.717) is 5.69 Å². The normalized spacial score (nSPS) is 12.3. The van der Waals surface area contributed by atoms with Gasteiger partial charge in [-0.05, 0) is 18.2 Å². The van der Waals surface area contributed by atoms with E-state index in [4.69, 9.17) is 0 Å². The van der Waals surface area contributed by atoms with Gasteiger partial charge in [0.2, 0.25) is 0 Å². The molecule has 0 atom stereocenters. The summed E-state index contributed by atoms with van der Waals surface area (Å²) in [7, 11) is -7.16. The third-order valence-corrected chi connectivity index (χ3v) is 3.68. The summed E-state index contributed by atoms with van der Waals surface area (Å²) < 4.78 is 66.3. The van der Waals surface area contributed by atoms with Gasteiger partial charge in [-0.2, -0.15) is 16.8 Å². The molecule has 0 bridgehead atoms. The zero-order chi connectivity index (χ0) is 16.8. The van der Waals surface area contributed by atoms with Crippen LogP contribution in [-0.2, 0) is 28.6 Å². The first-order valence-corrected chi connectivity index (χ1v) is 9.89. The lowest BCUT2D eigenvalue weighted by Crippen LogP contribution is -2.32. The van der Waals surface area contributed by atoms with Gasteiger partial charge in [-0.25, -0.2) is 4.39 Å². The first kappa shape index (κ1) is 18.8. The van der Waals surface area contributed by atoms with Crippen LogP contribution < -0.4 is 4.90 Å². The van der Waals surface area contributed by atoms with Crippen molar-refractivity contribution in [1.29, 1.82) is 0 Å². The molecule has 0 radical (unpaired) electrons. The second kappa shape index (κ2) is 7.86. The fourth-order valence-electron chi connectivity index (χ4n) is 1.64. The zero-order valence-corrected chi connectivity index (χ0v) is 13.9. The molecule has 0 saturated heterocycles. The number of benzene rings is 1. The molecule has 0 N–H and O–H groups in total. The quantitative estimate of drug-likeness (QED) is 0.599. The van der Waals surface area contributed by atoms with Crippen molar-refractivity contribution in [3.8, 4) is 0 Å². The summed E-state index contributed by atoms with van der Waals surface area (Å²) in [6, 6.07) is 5.62. The van der Waals surface area contributed by atoms with E-state index in [2.05, 4.69) is 8.37 Å². The summed E-state index contributed by atoms with van der Waals surface area (Å²) in [6.45, 7) is -0.0320. The van der Waals surface area contributed by atoms with Crippen LogP contribution in [0.3, 0.4) is 0 Å². The molecule has 0 aliphatic carbocycles. The lowest BCUT2D eigenvalue weighted by molar-refractivity contribution is 0.309. The maximum absolute atomic E-state index is 13.3. The summed E-state index contributed by atoms with van der Waals surface area (Å²) in [4.78, 5) is 1.57. The topological polar surface area (TPSA) is 90.0 Å². The standard InChI is InChI=1S/C12H18FNO6S2/c1-21(15,16)19-8-6-14(7-9-20-22(2,17)18)12-5-3-4-11(13)10-12/h3-5,10H,6-9H2,1-2H3. The molecule has 22 heavy (non-hydrogen) atoms. The molecule has 0 saturated carbocycles. The molecule has 7 nitrogen and oxygen atoms in total. The van der Waals surface area contributed by atoms with Gasteiger partial charge in [0.1, 0.15) is 5.82 Å². The highest BCUT2D eigenvalue weighted by Gasteiger charge is 2.11. The van der Waals surface area contributed by atoms with E-state index in [0.717, 1.165) is 12.5 Å². The van der Waals surface area contributed by atoms with E-state index in [9.17, 15) is 21.2 Å². The summed E-state index contributed by atoms with van der Waals surface area (Å²) in [5.41, 5.74) is 0.467. The number of hydrogen-bond donors (Lipinski definition) is 0. The maximum atomic E-state index is 13.3. The predicted molar refractivity (Wildman–Crippen MR) is 80.2 cm³/mol. The maximum Gasteiger partial charge on any atom is 0.264 e. The van der Waals surface area contributed by atoms with Crippen LogP contribution in [0.4, 0.5) is 10.1 Å². The van der Waals surface area contributed by atoms with Crippen LogP contribution in [-0.4, -0.2) is 55.7 Å². The van der Waals surface area contributed by atoms with Gasteiger partial charge in [0.25, 0.3) is 20.2 Å². The predicted octanol–water partition coefficient (Wildman–Crippen LogP) is 0.585. The molecular weight excluding hydrogens is 337 g/mol. The Morgan fingerprint density at radius 1 is 1.00 bits per heavy atom. The molecular formula is C12H18FNO6S2. The molecule has 0 aliphatic rings. The molecule has 0 amide bonds. The van der Waals surface area contributed by atoms with Crippen molar-refractivity contribution in [2.75, 3.05) is 43.7 Å². The third kappa shape index (κ3) is 8.27. The highest BCUT2D eigenvalue weighted by Crippen LogP contribution is 2.15. The van der Waals surface area contributed by atoms with Crippen LogP contribution in [0.1, 0.15) is 0 Å². The molecule has 0 heterocycles. The van der Waals surface area contributed by atoms with Gasteiger partial charge < -0.3 is 4.90 Å². The van der Waals surface area contributed by atoms with E-state index in [1.165, 1.54) is 18.2 Å². The first-order valence-electron chi connectivity index (χ1n) is 6.26. The van der Waals surface area contributed by atoms with E-state index in [-0.39, 0.29) is 26.3 Å². The SMILES string of the molecule is CS(=O)(=O)OCCN(CCOS(C)(=O)=O)c1cccc(F)c1. The fraction of sp³-hybridized carbons (Fsp3) is 0.500. The second-order valence-corrected chi connectivity index (χ2v) is 7.81. The Bertz CT molecular complexity index is 651. The van der Waals surface area contributed by atoms with Gasteiger partial charge in [0.15, 0.2) is 0 Å². The molecule has 0 aromatic heterocycles. The lowest BCUT2D eigenvalue weighted by Gasteiger charge is -2.24. The number of halogens is 1. The van der Waals surface area contributed by atoms with Crippen LogP contribution in [0.2, 0.25) is 0 Å². The van der Waals surface area contributed by atoms with Gasteiger partial charge in [-0.3, -0.25) is 8.37 Å². The van der Waals surface area contributed by atoms with Gasteiger partial charge in [-0.1, -0.05) is 6.07 Å². The number of nitrogens with zero attached hydrogens (tertiary/aromatic N) is 1. The first-order chi connectivity index (χ1) is 10.1. The van der Waals surface area contributed by atoms with Crippen molar-refractivity contribution in [2.45, 2.75) is 0 Å². The summed E-state index contributed by atoms with van der Waals surface area (Å²) in [5, 5.41) is 0. The minimum absolute atomic E-state index is 0.129. The number of hydrogen-bond acceptors (Lipinski definition) is 7. The van der Waals surface area contributed by atoms with Crippen LogP contribution in [0, 0.1) is 5.82 Å². The third-order valence-electron chi connectivity index (χ3n) is 2.49. The van der Waals surface area contributed by atoms with Crippen LogP contribution in [0.25, 0.3) is 0 Å².